The van der Waals surface area contributed by atoms with Gasteiger partial charge in [-0.15, -0.1) is 0 Å². The summed E-state index contributed by atoms with van der Waals surface area (Å²) in [6, 6.07) is 5.40. The molecule has 0 heterocycles. The molecule has 78 valence electrons. The van der Waals surface area contributed by atoms with Crippen LogP contribution in [0.1, 0.15) is 19.4 Å². The lowest BCUT2D eigenvalue weighted by molar-refractivity contribution is 0.109. The van der Waals surface area contributed by atoms with Crippen LogP contribution in [0.4, 0.5) is 8.78 Å². The molecule has 0 fully saturated rings. The van der Waals surface area contributed by atoms with Crippen LogP contribution < -0.4 is 5.73 Å². The van der Waals surface area contributed by atoms with Crippen molar-refractivity contribution >= 4 is 0 Å². The first-order chi connectivity index (χ1) is 6.50. The highest BCUT2D eigenvalue weighted by Gasteiger charge is 2.33. The fourth-order valence-electron chi connectivity index (χ4n) is 1.41. The Bertz CT molecular complexity index is 295. The molecule has 1 unspecified atom stereocenters. The van der Waals surface area contributed by atoms with Gasteiger partial charge in [-0.05, 0) is 23.6 Å². The van der Waals surface area contributed by atoms with Gasteiger partial charge in [0.25, 0.3) is 0 Å². The molecule has 0 spiro atoms. The topological polar surface area (TPSA) is 26.0 Å². The van der Waals surface area contributed by atoms with Gasteiger partial charge in [0, 0.05) is 6.54 Å². The quantitative estimate of drug-likeness (QED) is 0.795. The molecule has 2 N–H and O–H groups in total. The summed E-state index contributed by atoms with van der Waals surface area (Å²) in [6.45, 7) is 3.43. The maximum absolute atomic E-state index is 14.3. The van der Waals surface area contributed by atoms with E-state index in [1.165, 1.54) is 24.3 Å². The van der Waals surface area contributed by atoms with Crippen molar-refractivity contribution in [2.75, 3.05) is 6.54 Å². The number of halogens is 2. The summed E-state index contributed by atoms with van der Waals surface area (Å²) in [6.07, 6.45) is 0. The maximum Gasteiger partial charge on any atom is 0.150 e. The van der Waals surface area contributed by atoms with Gasteiger partial charge in [-0.25, -0.2) is 8.78 Å². The van der Waals surface area contributed by atoms with Gasteiger partial charge in [0.15, 0.2) is 0 Å². The Morgan fingerprint density at radius 3 is 2.14 bits per heavy atom. The second-order valence-electron chi connectivity index (χ2n) is 3.73. The van der Waals surface area contributed by atoms with Gasteiger partial charge in [0.2, 0.25) is 0 Å². The minimum Gasteiger partial charge on any atom is -0.327 e. The Labute approximate surface area is 82.9 Å². The van der Waals surface area contributed by atoms with Crippen LogP contribution in [-0.4, -0.2) is 6.54 Å². The first kappa shape index (κ1) is 11.1. The lowest BCUT2D eigenvalue weighted by Gasteiger charge is -2.28. The van der Waals surface area contributed by atoms with Gasteiger partial charge < -0.3 is 5.73 Å². The van der Waals surface area contributed by atoms with E-state index in [0.717, 1.165) is 0 Å². The highest BCUT2D eigenvalue weighted by atomic mass is 19.1. The summed E-state index contributed by atoms with van der Waals surface area (Å²) in [5.41, 5.74) is 4.29. The molecule has 0 aliphatic rings. The SMILES string of the molecule is CC(C)C(F)(CN)c1ccc(F)cc1. The molecule has 14 heavy (non-hydrogen) atoms. The van der Waals surface area contributed by atoms with Crippen LogP contribution in [0.5, 0.6) is 0 Å². The lowest BCUT2D eigenvalue weighted by atomic mass is 9.85. The zero-order valence-corrected chi connectivity index (χ0v) is 8.43. The van der Waals surface area contributed by atoms with Crippen molar-refractivity contribution in [2.45, 2.75) is 19.5 Å². The van der Waals surface area contributed by atoms with E-state index in [1.807, 2.05) is 0 Å². The molecular formula is C11H15F2N. The van der Waals surface area contributed by atoms with E-state index < -0.39 is 5.67 Å². The average molecular weight is 199 g/mol. The molecule has 0 amide bonds. The van der Waals surface area contributed by atoms with E-state index in [1.54, 1.807) is 13.8 Å². The van der Waals surface area contributed by atoms with Crippen molar-refractivity contribution < 1.29 is 8.78 Å². The van der Waals surface area contributed by atoms with Gasteiger partial charge in [0.05, 0.1) is 0 Å². The first-order valence-electron chi connectivity index (χ1n) is 4.65. The van der Waals surface area contributed by atoms with Gasteiger partial charge in [-0.2, -0.15) is 0 Å². The van der Waals surface area contributed by atoms with Gasteiger partial charge >= 0.3 is 0 Å². The second kappa shape index (κ2) is 4.05. The van der Waals surface area contributed by atoms with E-state index in [9.17, 15) is 8.78 Å². The van der Waals surface area contributed by atoms with E-state index in [4.69, 9.17) is 5.73 Å². The van der Waals surface area contributed by atoms with Crippen molar-refractivity contribution in [3.8, 4) is 0 Å². The molecule has 1 atom stereocenters. The Balaban J connectivity index is 3.06. The van der Waals surface area contributed by atoms with Crippen molar-refractivity contribution in [2.24, 2.45) is 11.7 Å². The molecule has 1 aromatic carbocycles. The molecular weight excluding hydrogens is 184 g/mol. The standard InChI is InChI=1S/C11H15F2N/c1-8(2)11(13,7-14)9-3-5-10(12)6-4-9/h3-6,8H,7,14H2,1-2H3. The van der Waals surface area contributed by atoms with Crippen LogP contribution in [0.2, 0.25) is 0 Å². The largest absolute Gasteiger partial charge is 0.327 e. The minimum absolute atomic E-state index is 0.0870. The molecule has 0 radical (unpaired) electrons. The fraction of sp³-hybridized carbons (Fsp3) is 0.455. The van der Waals surface area contributed by atoms with Crippen molar-refractivity contribution in [1.82, 2.24) is 0 Å². The van der Waals surface area contributed by atoms with Crippen LogP contribution in [0.25, 0.3) is 0 Å². The molecule has 1 aromatic rings. The van der Waals surface area contributed by atoms with E-state index >= 15 is 0 Å². The van der Waals surface area contributed by atoms with Crippen molar-refractivity contribution in [1.29, 1.82) is 0 Å². The Kier molecular flexibility index (Phi) is 3.21. The Hall–Kier alpha value is -0.960. The van der Waals surface area contributed by atoms with E-state index in [2.05, 4.69) is 0 Å². The molecule has 0 saturated carbocycles. The number of rotatable bonds is 3. The van der Waals surface area contributed by atoms with Gasteiger partial charge in [-0.1, -0.05) is 26.0 Å². The third kappa shape index (κ3) is 1.93. The number of alkyl halides is 1. The monoisotopic (exact) mass is 199 g/mol. The number of hydrogen-bond acceptors (Lipinski definition) is 1. The molecule has 1 rings (SSSR count). The third-order valence-electron chi connectivity index (χ3n) is 2.54. The summed E-state index contributed by atoms with van der Waals surface area (Å²) < 4.78 is 26.9. The Morgan fingerprint density at radius 2 is 1.79 bits per heavy atom. The summed E-state index contributed by atoms with van der Waals surface area (Å²) in [4.78, 5) is 0. The molecule has 0 bridgehead atoms. The highest BCUT2D eigenvalue weighted by molar-refractivity contribution is 5.24. The maximum atomic E-state index is 14.3. The van der Waals surface area contributed by atoms with Crippen molar-refractivity contribution in [3.63, 3.8) is 0 Å². The number of benzene rings is 1. The van der Waals surface area contributed by atoms with Crippen molar-refractivity contribution in [3.05, 3.63) is 35.6 Å². The summed E-state index contributed by atoms with van der Waals surface area (Å²) in [7, 11) is 0. The summed E-state index contributed by atoms with van der Waals surface area (Å²) in [5, 5.41) is 0. The molecule has 1 nitrogen and oxygen atoms in total. The van der Waals surface area contributed by atoms with Crippen LogP contribution in [0.3, 0.4) is 0 Å². The lowest BCUT2D eigenvalue weighted by Crippen LogP contribution is -2.35. The number of nitrogens with two attached hydrogens (primary N) is 1. The second-order valence-corrected chi connectivity index (χ2v) is 3.73. The summed E-state index contributed by atoms with van der Waals surface area (Å²) in [5.74, 6) is -0.588. The predicted octanol–water partition coefficient (Wildman–Crippen LogP) is 2.61. The molecule has 0 aromatic heterocycles. The van der Waals surface area contributed by atoms with Gasteiger partial charge in [0.1, 0.15) is 11.5 Å². The van der Waals surface area contributed by atoms with E-state index in [0.29, 0.717) is 5.56 Å². The Morgan fingerprint density at radius 1 is 1.29 bits per heavy atom. The van der Waals surface area contributed by atoms with Gasteiger partial charge in [-0.3, -0.25) is 0 Å². The van der Waals surface area contributed by atoms with Crippen LogP contribution >= 0.6 is 0 Å². The average Bonchev–Trinajstić information content (AvgIpc) is 2.17. The van der Waals surface area contributed by atoms with Crippen LogP contribution in [0, 0.1) is 11.7 Å². The molecule has 0 aliphatic carbocycles. The fourth-order valence-corrected chi connectivity index (χ4v) is 1.41. The van der Waals surface area contributed by atoms with E-state index in [-0.39, 0.29) is 18.3 Å². The third-order valence-corrected chi connectivity index (χ3v) is 2.54. The molecule has 3 heteroatoms. The highest BCUT2D eigenvalue weighted by Crippen LogP contribution is 2.32. The zero-order chi connectivity index (χ0) is 10.8. The first-order valence-corrected chi connectivity index (χ1v) is 4.65. The number of hydrogen-bond donors (Lipinski definition) is 1. The minimum atomic E-state index is -1.56. The summed E-state index contributed by atoms with van der Waals surface area (Å²) >= 11 is 0. The smallest absolute Gasteiger partial charge is 0.150 e. The molecule has 0 saturated heterocycles. The predicted molar refractivity (Wildman–Crippen MR) is 53.1 cm³/mol. The van der Waals surface area contributed by atoms with Crippen LogP contribution in [-0.2, 0) is 5.67 Å². The molecule has 0 aliphatic heterocycles. The van der Waals surface area contributed by atoms with Crippen LogP contribution in [0.15, 0.2) is 24.3 Å². The normalized spacial score (nSPS) is 15.6. The zero-order valence-electron chi connectivity index (χ0n) is 8.43.